The molecule has 1 aliphatic rings. The second-order valence-corrected chi connectivity index (χ2v) is 3.08. The summed E-state index contributed by atoms with van der Waals surface area (Å²) in [6.45, 7) is 0. The van der Waals surface area contributed by atoms with E-state index >= 15 is 0 Å². The lowest BCUT2D eigenvalue weighted by atomic mass is 10.3. The SMILES string of the molecule is O=C(NC1CCCC1)NC(F)(F)F. The van der Waals surface area contributed by atoms with Crippen LogP contribution >= 0.6 is 0 Å². The molecular formula is C7H11F3N2O. The lowest BCUT2D eigenvalue weighted by molar-refractivity contribution is -0.145. The molecule has 13 heavy (non-hydrogen) atoms. The minimum absolute atomic E-state index is 0.0950. The van der Waals surface area contributed by atoms with Crippen LogP contribution in [0.2, 0.25) is 0 Å². The van der Waals surface area contributed by atoms with Crippen LogP contribution in [0.15, 0.2) is 0 Å². The third kappa shape index (κ3) is 4.00. The van der Waals surface area contributed by atoms with Crippen LogP contribution in [0.25, 0.3) is 0 Å². The van der Waals surface area contributed by atoms with Crippen LogP contribution in [0.4, 0.5) is 18.0 Å². The number of hydrogen-bond donors (Lipinski definition) is 2. The molecule has 0 radical (unpaired) electrons. The van der Waals surface area contributed by atoms with Crippen LogP contribution in [-0.2, 0) is 0 Å². The molecule has 3 nitrogen and oxygen atoms in total. The van der Waals surface area contributed by atoms with Gasteiger partial charge in [0.2, 0.25) is 0 Å². The number of urea groups is 1. The van der Waals surface area contributed by atoms with Crippen LogP contribution in [0.3, 0.4) is 0 Å². The molecule has 0 aromatic carbocycles. The molecule has 1 rings (SSSR count). The molecular weight excluding hydrogens is 185 g/mol. The first kappa shape index (κ1) is 10.1. The smallest absolute Gasteiger partial charge is 0.335 e. The van der Waals surface area contributed by atoms with Gasteiger partial charge in [0.15, 0.2) is 0 Å². The lowest BCUT2D eigenvalue weighted by Gasteiger charge is -2.14. The Kier molecular flexibility index (Phi) is 3.00. The molecule has 0 aromatic rings. The highest BCUT2D eigenvalue weighted by Crippen LogP contribution is 2.17. The number of hydrogen-bond acceptors (Lipinski definition) is 1. The summed E-state index contributed by atoms with van der Waals surface area (Å²) in [6.07, 6.45) is -1.16. The number of carbonyl (C=O) groups is 1. The number of nitrogens with one attached hydrogen (secondary N) is 2. The van der Waals surface area contributed by atoms with Crippen molar-refractivity contribution in [1.82, 2.24) is 10.6 Å². The third-order valence-electron chi connectivity index (χ3n) is 1.95. The fraction of sp³-hybridized carbons (Fsp3) is 0.857. The number of amides is 2. The molecule has 0 aromatic heterocycles. The van der Waals surface area contributed by atoms with Crippen molar-refractivity contribution in [2.75, 3.05) is 0 Å². The molecule has 0 heterocycles. The van der Waals surface area contributed by atoms with Crippen molar-refractivity contribution < 1.29 is 18.0 Å². The third-order valence-corrected chi connectivity index (χ3v) is 1.95. The largest absolute Gasteiger partial charge is 0.485 e. The molecule has 2 amide bonds. The summed E-state index contributed by atoms with van der Waals surface area (Å²) < 4.78 is 34.8. The van der Waals surface area contributed by atoms with Gasteiger partial charge in [0.05, 0.1) is 0 Å². The van der Waals surface area contributed by atoms with Crippen LogP contribution in [-0.4, -0.2) is 18.4 Å². The highest BCUT2D eigenvalue weighted by Gasteiger charge is 2.31. The minimum atomic E-state index is -4.64. The average Bonchev–Trinajstić information content (AvgIpc) is 2.34. The fourth-order valence-electron chi connectivity index (χ4n) is 1.42. The van der Waals surface area contributed by atoms with E-state index in [0.29, 0.717) is 0 Å². The first-order chi connectivity index (χ1) is 5.97. The summed E-state index contributed by atoms with van der Waals surface area (Å²) in [7, 11) is 0. The van der Waals surface area contributed by atoms with Gasteiger partial charge in [-0.1, -0.05) is 12.8 Å². The molecule has 1 aliphatic carbocycles. The van der Waals surface area contributed by atoms with Crippen molar-refractivity contribution in [2.24, 2.45) is 0 Å². The van der Waals surface area contributed by atoms with E-state index in [2.05, 4.69) is 5.32 Å². The maximum absolute atomic E-state index is 11.6. The summed E-state index contributed by atoms with van der Waals surface area (Å²) in [4.78, 5) is 10.7. The summed E-state index contributed by atoms with van der Waals surface area (Å²) in [6, 6.07) is -1.25. The Morgan fingerprint density at radius 3 is 2.23 bits per heavy atom. The molecule has 0 saturated heterocycles. The van der Waals surface area contributed by atoms with Crippen LogP contribution < -0.4 is 10.6 Å². The molecule has 0 spiro atoms. The van der Waals surface area contributed by atoms with E-state index in [1.165, 1.54) is 0 Å². The van der Waals surface area contributed by atoms with Crippen molar-refractivity contribution in [3.8, 4) is 0 Å². The number of rotatable bonds is 1. The number of carbonyl (C=O) groups excluding carboxylic acids is 1. The molecule has 0 atom stereocenters. The monoisotopic (exact) mass is 196 g/mol. The Bertz CT molecular complexity index is 187. The zero-order valence-corrected chi connectivity index (χ0v) is 6.95. The van der Waals surface area contributed by atoms with Crippen LogP contribution in [0, 0.1) is 0 Å². The van der Waals surface area contributed by atoms with E-state index in [1.807, 2.05) is 0 Å². The maximum Gasteiger partial charge on any atom is 0.485 e. The van der Waals surface area contributed by atoms with E-state index in [4.69, 9.17) is 0 Å². The van der Waals surface area contributed by atoms with Gasteiger partial charge in [0, 0.05) is 6.04 Å². The van der Waals surface area contributed by atoms with Gasteiger partial charge >= 0.3 is 12.3 Å². The van der Waals surface area contributed by atoms with Gasteiger partial charge in [-0.15, -0.1) is 0 Å². The molecule has 76 valence electrons. The molecule has 2 N–H and O–H groups in total. The Morgan fingerprint density at radius 2 is 1.77 bits per heavy atom. The standard InChI is InChI=1S/C7H11F3N2O/c8-7(9,10)12-6(13)11-5-3-1-2-4-5/h5H,1-4H2,(H2,11,12,13). The van der Waals surface area contributed by atoms with Crippen molar-refractivity contribution in [2.45, 2.75) is 38.0 Å². The molecule has 6 heteroatoms. The van der Waals surface area contributed by atoms with E-state index in [1.54, 1.807) is 0 Å². The van der Waals surface area contributed by atoms with E-state index in [0.717, 1.165) is 31.0 Å². The highest BCUT2D eigenvalue weighted by atomic mass is 19.4. The van der Waals surface area contributed by atoms with Gasteiger partial charge in [-0.2, -0.15) is 13.2 Å². The lowest BCUT2D eigenvalue weighted by Crippen LogP contribution is -2.47. The first-order valence-electron chi connectivity index (χ1n) is 4.13. The van der Waals surface area contributed by atoms with Gasteiger partial charge in [-0.3, -0.25) is 0 Å². The van der Waals surface area contributed by atoms with Crippen LogP contribution in [0.1, 0.15) is 25.7 Å². The maximum atomic E-state index is 11.6. The zero-order valence-electron chi connectivity index (χ0n) is 6.95. The minimum Gasteiger partial charge on any atom is -0.335 e. The van der Waals surface area contributed by atoms with E-state index in [9.17, 15) is 18.0 Å². The number of halogens is 3. The summed E-state index contributed by atoms with van der Waals surface area (Å²) in [5.74, 6) is 0. The zero-order chi connectivity index (χ0) is 9.90. The topological polar surface area (TPSA) is 41.1 Å². The van der Waals surface area contributed by atoms with Crippen LogP contribution in [0.5, 0.6) is 0 Å². The van der Waals surface area contributed by atoms with E-state index < -0.39 is 12.3 Å². The van der Waals surface area contributed by atoms with Gasteiger partial charge in [0.1, 0.15) is 0 Å². The molecule has 0 unspecified atom stereocenters. The Hall–Kier alpha value is -0.940. The molecule has 0 aliphatic heterocycles. The summed E-state index contributed by atoms with van der Waals surface area (Å²) in [5, 5.41) is 3.16. The molecule has 1 saturated carbocycles. The predicted molar refractivity (Wildman–Crippen MR) is 40.0 cm³/mol. The fourth-order valence-corrected chi connectivity index (χ4v) is 1.42. The Labute approximate surface area is 73.7 Å². The number of alkyl halides is 3. The quantitative estimate of drug-likeness (QED) is 0.616. The van der Waals surface area contributed by atoms with Gasteiger partial charge in [0.25, 0.3) is 0 Å². The molecule has 0 bridgehead atoms. The summed E-state index contributed by atoms with van der Waals surface area (Å²) >= 11 is 0. The van der Waals surface area contributed by atoms with E-state index in [-0.39, 0.29) is 6.04 Å². The summed E-state index contributed by atoms with van der Waals surface area (Å²) in [5.41, 5.74) is 0. The normalized spacial score (nSPS) is 18.7. The van der Waals surface area contributed by atoms with Crippen molar-refractivity contribution in [1.29, 1.82) is 0 Å². The Balaban J connectivity index is 2.24. The first-order valence-corrected chi connectivity index (χ1v) is 4.13. The predicted octanol–water partition coefficient (Wildman–Crippen LogP) is 1.75. The highest BCUT2D eigenvalue weighted by molar-refractivity contribution is 5.74. The van der Waals surface area contributed by atoms with Gasteiger partial charge in [-0.05, 0) is 12.8 Å². The second-order valence-electron chi connectivity index (χ2n) is 3.08. The van der Waals surface area contributed by atoms with Gasteiger partial charge in [-0.25, -0.2) is 10.1 Å². The Morgan fingerprint density at radius 1 is 1.23 bits per heavy atom. The average molecular weight is 196 g/mol. The van der Waals surface area contributed by atoms with Crippen molar-refractivity contribution in [3.63, 3.8) is 0 Å². The van der Waals surface area contributed by atoms with Crippen molar-refractivity contribution >= 4 is 6.03 Å². The molecule has 1 fully saturated rings. The second kappa shape index (κ2) is 3.85. The van der Waals surface area contributed by atoms with Gasteiger partial charge < -0.3 is 5.32 Å². The van der Waals surface area contributed by atoms with Crippen molar-refractivity contribution in [3.05, 3.63) is 0 Å².